The van der Waals surface area contributed by atoms with E-state index < -0.39 is 0 Å². The molecule has 1 atom stereocenters. The van der Waals surface area contributed by atoms with Crippen molar-refractivity contribution in [1.29, 1.82) is 0 Å². The highest BCUT2D eigenvalue weighted by Crippen LogP contribution is 2.34. The van der Waals surface area contributed by atoms with Crippen molar-refractivity contribution in [3.63, 3.8) is 0 Å². The SMILES string of the molecule is Nc1c(N2CCC(O)C2)ccnc1N1CCCC1. The summed E-state index contributed by atoms with van der Waals surface area (Å²) in [6, 6.07) is 1.95. The Bertz CT molecular complexity index is 431. The molecule has 0 amide bonds. The lowest BCUT2D eigenvalue weighted by Gasteiger charge is -2.24. The van der Waals surface area contributed by atoms with Gasteiger partial charge in [0.15, 0.2) is 5.82 Å². The average Bonchev–Trinajstić information content (AvgIpc) is 3.00. The third-order valence-electron chi connectivity index (χ3n) is 3.86. The van der Waals surface area contributed by atoms with Crippen LogP contribution in [0, 0.1) is 0 Å². The fraction of sp³-hybridized carbons (Fsp3) is 0.615. The first kappa shape index (κ1) is 11.6. The first-order valence-electron chi connectivity index (χ1n) is 6.68. The molecule has 5 nitrogen and oxygen atoms in total. The predicted molar refractivity (Wildman–Crippen MR) is 72.9 cm³/mol. The molecule has 0 aromatic carbocycles. The monoisotopic (exact) mass is 248 g/mol. The molecule has 1 aromatic heterocycles. The van der Waals surface area contributed by atoms with E-state index in [-0.39, 0.29) is 6.10 Å². The standard InChI is InChI=1S/C13H20N4O/c14-12-11(17-8-4-10(18)9-17)3-5-15-13(12)16-6-1-2-7-16/h3,5,10,18H,1-2,4,6-9,14H2. The third-order valence-corrected chi connectivity index (χ3v) is 3.86. The second-order valence-electron chi connectivity index (χ2n) is 5.15. The lowest BCUT2D eigenvalue weighted by Crippen LogP contribution is -2.25. The maximum Gasteiger partial charge on any atom is 0.153 e. The minimum Gasteiger partial charge on any atom is -0.394 e. The smallest absolute Gasteiger partial charge is 0.153 e. The van der Waals surface area contributed by atoms with Crippen molar-refractivity contribution >= 4 is 17.2 Å². The largest absolute Gasteiger partial charge is 0.394 e. The van der Waals surface area contributed by atoms with Crippen LogP contribution in [0.2, 0.25) is 0 Å². The molecule has 2 aliphatic heterocycles. The Morgan fingerprint density at radius 1 is 1.22 bits per heavy atom. The fourth-order valence-corrected chi connectivity index (χ4v) is 2.87. The zero-order valence-corrected chi connectivity index (χ0v) is 10.5. The summed E-state index contributed by atoms with van der Waals surface area (Å²) >= 11 is 0. The molecule has 0 radical (unpaired) electrons. The Morgan fingerprint density at radius 2 is 2.00 bits per heavy atom. The Labute approximate surface area is 107 Å². The third kappa shape index (κ3) is 1.99. The lowest BCUT2D eigenvalue weighted by atomic mass is 10.3. The first-order chi connectivity index (χ1) is 8.75. The van der Waals surface area contributed by atoms with Crippen molar-refractivity contribution in [2.75, 3.05) is 41.7 Å². The summed E-state index contributed by atoms with van der Waals surface area (Å²) in [5.41, 5.74) is 8.04. The molecule has 2 aliphatic rings. The molecule has 1 aromatic rings. The Hall–Kier alpha value is -1.49. The Balaban J connectivity index is 1.88. The number of aromatic nitrogens is 1. The molecule has 98 valence electrons. The highest BCUT2D eigenvalue weighted by atomic mass is 16.3. The van der Waals surface area contributed by atoms with E-state index in [1.807, 2.05) is 12.3 Å². The van der Waals surface area contributed by atoms with Crippen LogP contribution < -0.4 is 15.5 Å². The molecule has 0 aliphatic carbocycles. The van der Waals surface area contributed by atoms with Gasteiger partial charge in [0.25, 0.3) is 0 Å². The summed E-state index contributed by atoms with van der Waals surface area (Å²) in [5.74, 6) is 0.909. The molecule has 1 unspecified atom stereocenters. The van der Waals surface area contributed by atoms with E-state index in [0.717, 1.165) is 43.2 Å². The summed E-state index contributed by atoms with van der Waals surface area (Å²) in [7, 11) is 0. The van der Waals surface area contributed by atoms with Crippen LogP contribution in [0.25, 0.3) is 0 Å². The van der Waals surface area contributed by atoms with Crippen molar-refractivity contribution < 1.29 is 5.11 Å². The maximum absolute atomic E-state index is 9.62. The van der Waals surface area contributed by atoms with Crippen LogP contribution in [-0.4, -0.2) is 42.4 Å². The van der Waals surface area contributed by atoms with Gasteiger partial charge in [-0.1, -0.05) is 0 Å². The van der Waals surface area contributed by atoms with Gasteiger partial charge >= 0.3 is 0 Å². The van der Waals surface area contributed by atoms with Gasteiger partial charge < -0.3 is 20.6 Å². The normalized spacial score (nSPS) is 23.9. The molecule has 0 saturated carbocycles. The molecule has 3 rings (SSSR count). The van der Waals surface area contributed by atoms with Gasteiger partial charge in [-0.15, -0.1) is 0 Å². The van der Waals surface area contributed by atoms with Gasteiger partial charge in [-0.25, -0.2) is 4.98 Å². The number of nitrogen functional groups attached to an aromatic ring is 1. The summed E-state index contributed by atoms with van der Waals surface area (Å²) in [6.07, 6.45) is 4.85. The Kier molecular flexibility index (Phi) is 2.99. The number of aliphatic hydroxyl groups is 1. The minimum atomic E-state index is -0.229. The zero-order chi connectivity index (χ0) is 12.5. The fourth-order valence-electron chi connectivity index (χ4n) is 2.87. The molecule has 0 spiro atoms. The maximum atomic E-state index is 9.62. The van der Waals surface area contributed by atoms with Crippen LogP contribution in [0.15, 0.2) is 12.3 Å². The summed E-state index contributed by atoms with van der Waals surface area (Å²) in [5, 5.41) is 9.62. The van der Waals surface area contributed by atoms with Crippen LogP contribution in [0.3, 0.4) is 0 Å². The number of hydrogen-bond donors (Lipinski definition) is 2. The van der Waals surface area contributed by atoms with Gasteiger partial charge in [0.2, 0.25) is 0 Å². The summed E-state index contributed by atoms with van der Waals surface area (Å²) < 4.78 is 0. The van der Waals surface area contributed by atoms with E-state index in [4.69, 9.17) is 5.73 Å². The molecule has 3 heterocycles. The quantitative estimate of drug-likeness (QED) is 0.811. The average molecular weight is 248 g/mol. The number of nitrogens with two attached hydrogens (primary N) is 1. The van der Waals surface area contributed by atoms with Crippen LogP contribution >= 0.6 is 0 Å². The topological polar surface area (TPSA) is 65.6 Å². The zero-order valence-electron chi connectivity index (χ0n) is 10.5. The second-order valence-corrected chi connectivity index (χ2v) is 5.15. The van der Waals surface area contributed by atoms with E-state index in [0.29, 0.717) is 6.54 Å². The molecular formula is C13H20N4O. The Morgan fingerprint density at radius 3 is 2.67 bits per heavy atom. The van der Waals surface area contributed by atoms with Gasteiger partial charge in [-0.2, -0.15) is 0 Å². The van der Waals surface area contributed by atoms with Crippen molar-refractivity contribution in [3.05, 3.63) is 12.3 Å². The van der Waals surface area contributed by atoms with E-state index >= 15 is 0 Å². The number of β-amino-alcohol motifs (C(OH)–C–C–N with tert-alkyl or cyclic N) is 1. The highest BCUT2D eigenvalue weighted by molar-refractivity contribution is 5.79. The molecule has 18 heavy (non-hydrogen) atoms. The van der Waals surface area contributed by atoms with Gasteiger partial charge in [0.05, 0.1) is 17.5 Å². The number of aliphatic hydroxyl groups excluding tert-OH is 1. The second kappa shape index (κ2) is 4.65. The number of rotatable bonds is 2. The van der Waals surface area contributed by atoms with Crippen LogP contribution in [0.4, 0.5) is 17.2 Å². The number of nitrogens with zero attached hydrogens (tertiary/aromatic N) is 3. The van der Waals surface area contributed by atoms with E-state index in [1.165, 1.54) is 12.8 Å². The number of pyridine rings is 1. The molecular weight excluding hydrogens is 228 g/mol. The molecule has 0 bridgehead atoms. The van der Waals surface area contributed by atoms with Crippen LogP contribution in [0.5, 0.6) is 0 Å². The van der Waals surface area contributed by atoms with Gasteiger partial charge in [0, 0.05) is 32.4 Å². The van der Waals surface area contributed by atoms with E-state index in [2.05, 4.69) is 14.8 Å². The molecule has 3 N–H and O–H groups in total. The van der Waals surface area contributed by atoms with Crippen LogP contribution in [0.1, 0.15) is 19.3 Å². The van der Waals surface area contributed by atoms with Crippen molar-refractivity contribution in [1.82, 2.24) is 4.98 Å². The first-order valence-corrected chi connectivity index (χ1v) is 6.68. The van der Waals surface area contributed by atoms with Crippen molar-refractivity contribution in [2.45, 2.75) is 25.4 Å². The summed E-state index contributed by atoms with van der Waals surface area (Å²) in [4.78, 5) is 8.83. The van der Waals surface area contributed by atoms with Crippen molar-refractivity contribution in [3.8, 4) is 0 Å². The number of anilines is 3. The van der Waals surface area contributed by atoms with Gasteiger partial charge in [-0.05, 0) is 25.3 Å². The highest BCUT2D eigenvalue weighted by Gasteiger charge is 2.24. The van der Waals surface area contributed by atoms with Gasteiger partial charge in [0.1, 0.15) is 0 Å². The molecule has 2 fully saturated rings. The lowest BCUT2D eigenvalue weighted by molar-refractivity contribution is 0.198. The van der Waals surface area contributed by atoms with E-state index in [9.17, 15) is 5.11 Å². The predicted octanol–water partition coefficient (Wildman–Crippen LogP) is 0.835. The minimum absolute atomic E-state index is 0.229. The van der Waals surface area contributed by atoms with Gasteiger partial charge in [-0.3, -0.25) is 0 Å². The molecule has 5 heteroatoms. The van der Waals surface area contributed by atoms with E-state index in [1.54, 1.807) is 0 Å². The van der Waals surface area contributed by atoms with Crippen LogP contribution in [-0.2, 0) is 0 Å². The van der Waals surface area contributed by atoms with Crippen molar-refractivity contribution in [2.24, 2.45) is 0 Å². The molecule has 2 saturated heterocycles. The number of hydrogen-bond acceptors (Lipinski definition) is 5. The summed E-state index contributed by atoms with van der Waals surface area (Å²) in [6.45, 7) is 3.63.